The summed E-state index contributed by atoms with van der Waals surface area (Å²) < 4.78 is 11.2. The van der Waals surface area contributed by atoms with Crippen molar-refractivity contribution in [3.8, 4) is 45.5 Å². The first-order valence-electron chi connectivity index (χ1n) is 23.3. The van der Waals surface area contributed by atoms with Crippen LogP contribution in [0.25, 0.3) is 143 Å². The molecule has 0 aliphatic rings. The number of fused-ring (bicyclic) bond motifs is 15. The molecule has 4 aromatic heterocycles. The summed E-state index contributed by atoms with van der Waals surface area (Å²) in [6.45, 7) is 0. The van der Waals surface area contributed by atoms with E-state index in [1.165, 1.54) is 54.2 Å². The van der Waals surface area contributed by atoms with Crippen LogP contribution in [0.4, 0.5) is 0 Å². The Labute approximate surface area is 394 Å². The SMILES string of the molecule is c1ccc(-c2nc(-c3cccc4c3oc3ccccc34)nc(-n3c4ccccc4c4cc5c6ccccc6n(-c6ccc(-c7ccc8c9ccccc9c9ccccc9c8c7)cc6)c5cc43)n2)cc1. The molecule has 0 atom stereocenters. The van der Waals surface area contributed by atoms with Crippen LogP contribution in [-0.4, -0.2) is 24.1 Å². The predicted molar refractivity (Wildman–Crippen MR) is 285 cm³/mol. The molecule has 0 amide bonds. The van der Waals surface area contributed by atoms with Crippen LogP contribution in [0, 0.1) is 0 Å². The fourth-order valence-electron chi connectivity index (χ4n) is 11.0. The average Bonchev–Trinajstić information content (AvgIpc) is 4.08. The van der Waals surface area contributed by atoms with E-state index < -0.39 is 0 Å². The molecule has 0 aliphatic carbocycles. The molecule has 0 saturated carbocycles. The lowest BCUT2D eigenvalue weighted by atomic mass is 9.92. The van der Waals surface area contributed by atoms with E-state index in [9.17, 15) is 0 Å². The lowest BCUT2D eigenvalue weighted by molar-refractivity contribution is 0.669. The van der Waals surface area contributed by atoms with E-state index in [1.807, 2.05) is 54.6 Å². The maximum absolute atomic E-state index is 6.56. The van der Waals surface area contributed by atoms with Gasteiger partial charge >= 0.3 is 0 Å². The highest BCUT2D eigenvalue weighted by Crippen LogP contribution is 2.42. The summed E-state index contributed by atoms with van der Waals surface area (Å²) in [6, 6.07) is 79.9. The van der Waals surface area contributed by atoms with Crippen LogP contribution in [0.1, 0.15) is 0 Å². The Morgan fingerprint density at radius 3 is 1.54 bits per heavy atom. The maximum atomic E-state index is 6.56. The smallest absolute Gasteiger partial charge is 0.238 e. The minimum Gasteiger partial charge on any atom is -0.455 e. The normalized spacial score (nSPS) is 12.1. The monoisotopic (exact) mass is 879 g/mol. The van der Waals surface area contributed by atoms with E-state index >= 15 is 0 Å². The third-order valence-electron chi connectivity index (χ3n) is 14.2. The van der Waals surface area contributed by atoms with Gasteiger partial charge in [0.2, 0.25) is 5.95 Å². The molecular formula is C63H37N5O. The molecule has 69 heavy (non-hydrogen) atoms. The second-order valence-corrected chi connectivity index (χ2v) is 17.9. The fraction of sp³-hybridized carbons (Fsp3) is 0. The predicted octanol–water partition coefficient (Wildman–Crippen LogP) is 16.4. The van der Waals surface area contributed by atoms with Crippen LogP contribution < -0.4 is 0 Å². The number of nitrogens with zero attached hydrogens (tertiary/aromatic N) is 5. The zero-order chi connectivity index (χ0) is 45.2. The molecule has 15 aromatic rings. The topological polar surface area (TPSA) is 61.7 Å². The molecule has 0 unspecified atom stereocenters. The maximum Gasteiger partial charge on any atom is 0.238 e. The second-order valence-electron chi connectivity index (χ2n) is 17.9. The molecule has 320 valence electrons. The van der Waals surface area contributed by atoms with Gasteiger partial charge in [-0.3, -0.25) is 4.57 Å². The molecule has 0 radical (unpaired) electrons. The lowest BCUT2D eigenvalue weighted by Crippen LogP contribution is -2.06. The number of para-hydroxylation sites is 4. The molecule has 4 heterocycles. The third-order valence-corrected chi connectivity index (χ3v) is 14.2. The van der Waals surface area contributed by atoms with Crippen LogP contribution in [0.3, 0.4) is 0 Å². The van der Waals surface area contributed by atoms with E-state index in [0.717, 1.165) is 71.6 Å². The summed E-state index contributed by atoms with van der Waals surface area (Å²) in [5.74, 6) is 1.65. The average molecular weight is 880 g/mol. The van der Waals surface area contributed by atoms with Crippen molar-refractivity contribution in [1.82, 2.24) is 24.1 Å². The minimum atomic E-state index is 0.528. The second kappa shape index (κ2) is 14.6. The molecular weight excluding hydrogens is 843 g/mol. The molecule has 0 fully saturated rings. The Balaban J connectivity index is 0.935. The Bertz CT molecular complexity index is 4560. The molecule has 6 heteroatoms. The van der Waals surface area contributed by atoms with Crippen molar-refractivity contribution in [1.29, 1.82) is 0 Å². The molecule has 0 spiro atoms. The van der Waals surface area contributed by atoms with Crippen molar-refractivity contribution >= 4 is 97.9 Å². The Morgan fingerprint density at radius 1 is 0.290 bits per heavy atom. The highest BCUT2D eigenvalue weighted by Gasteiger charge is 2.23. The Morgan fingerprint density at radius 2 is 0.826 bits per heavy atom. The quantitative estimate of drug-likeness (QED) is 0.162. The summed E-state index contributed by atoms with van der Waals surface area (Å²) in [5.41, 5.74) is 10.9. The third kappa shape index (κ3) is 5.63. The van der Waals surface area contributed by atoms with Gasteiger partial charge in [0.15, 0.2) is 11.6 Å². The van der Waals surface area contributed by atoms with Crippen molar-refractivity contribution in [2.75, 3.05) is 0 Å². The highest BCUT2D eigenvalue weighted by molar-refractivity contribution is 6.26. The lowest BCUT2D eigenvalue weighted by Gasteiger charge is -2.13. The fourth-order valence-corrected chi connectivity index (χ4v) is 11.0. The zero-order valence-corrected chi connectivity index (χ0v) is 37.0. The number of benzene rings is 11. The summed E-state index contributed by atoms with van der Waals surface area (Å²) in [5, 5.41) is 14.3. The number of furan rings is 1. The summed E-state index contributed by atoms with van der Waals surface area (Å²) in [6.07, 6.45) is 0. The Kier molecular flexibility index (Phi) is 7.97. The summed E-state index contributed by atoms with van der Waals surface area (Å²) >= 11 is 0. The van der Waals surface area contributed by atoms with Crippen LogP contribution in [0.15, 0.2) is 229 Å². The van der Waals surface area contributed by atoms with Crippen molar-refractivity contribution < 1.29 is 4.42 Å². The summed E-state index contributed by atoms with van der Waals surface area (Å²) in [4.78, 5) is 15.8. The van der Waals surface area contributed by atoms with Crippen LogP contribution in [0.5, 0.6) is 0 Å². The summed E-state index contributed by atoms with van der Waals surface area (Å²) in [7, 11) is 0. The first-order chi connectivity index (χ1) is 34.2. The van der Waals surface area contributed by atoms with Gasteiger partial charge in [0.05, 0.1) is 27.6 Å². The van der Waals surface area contributed by atoms with Gasteiger partial charge < -0.3 is 8.98 Å². The number of hydrogen-bond donors (Lipinski definition) is 0. The molecule has 0 N–H and O–H groups in total. The van der Waals surface area contributed by atoms with Crippen molar-refractivity contribution in [3.63, 3.8) is 0 Å². The first kappa shape index (κ1) is 37.8. The van der Waals surface area contributed by atoms with Gasteiger partial charge in [-0.05, 0) is 98.0 Å². The van der Waals surface area contributed by atoms with E-state index in [-0.39, 0.29) is 0 Å². The van der Waals surface area contributed by atoms with Gasteiger partial charge in [-0.1, -0.05) is 170 Å². The van der Waals surface area contributed by atoms with Crippen LogP contribution in [0.2, 0.25) is 0 Å². The number of aromatic nitrogens is 5. The van der Waals surface area contributed by atoms with Gasteiger partial charge in [-0.25, -0.2) is 4.98 Å². The van der Waals surface area contributed by atoms with Gasteiger partial charge in [0, 0.05) is 43.6 Å². The van der Waals surface area contributed by atoms with Gasteiger partial charge in [-0.2, -0.15) is 9.97 Å². The highest BCUT2D eigenvalue weighted by atomic mass is 16.3. The molecule has 0 aliphatic heterocycles. The van der Waals surface area contributed by atoms with Crippen molar-refractivity contribution in [2.24, 2.45) is 0 Å². The minimum absolute atomic E-state index is 0.528. The standard InChI is InChI=1S/C63H37N5O/c1-2-15-39(16-3-1)61-64-62(51-25-14-24-50-49-23-10-13-28-59(49)69-60(50)51)66-63(65-61)68-56-27-12-9-22-48(56)54-36-53-47-21-8-11-26-55(47)67(57(53)37-58(54)68)41-32-29-38(30-33-41)40-31-34-46-44-19-5-4-17-42(44)43-18-6-7-20-45(43)52(46)35-40/h1-37H. The molecule has 11 aromatic carbocycles. The van der Waals surface area contributed by atoms with Crippen LogP contribution in [-0.2, 0) is 0 Å². The zero-order valence-electron chi connectivity index (χ0n) is 37.0. The van der Waals surface area contributed by atoms with Gasteiger partial charge in [0.1, 0.15) is 11.2 Å². The first-order valence-corrected chi connectivity index (χ1v) is 23.3. The van der Waals surface area contributed by atoms with E-state index in [0.29, 0.717) is 17.6 Å². The number of hydrogen-bond acceptors (Lipinski definition) is 4. The van der Waals surface area contributed by atoms with Gasteiger partial charge in [-0.15, -0.1) is 0 Å². The molecule has 0 saturated heterocycles. The molecule has 0 bridgehead atoms. The van der Waals surface area contributed by atoms with E-state index in [4.69, 9.17) is 19.4 Å². The molecule has 15 rings (SSSR count). The van der Waals surface area contributed by atoms with E-state index in [2.05, 4.69) is 179 Å². The Hall–Kier alpha value is -9.39. The molecule has 6 nitrogen and oxygen atoms in total. The van der Waals surface area contributed by atoms with Crippen molar-refractivity contribution in [3.05, 3.63) is 224 Å². The van der Waals surface area contributed by atoms with Crippen LogP contribution >= 0.6 is 0 Å². The van der Waals surface area contributed by atoms with Crippen molar-refractivity contribution in [2.45, 2.75) is 0 Å². The largest absolute Gasteiger partial charge is 0.455 e. The van der Waals surface area contributed by atoms with E-state index in [1.54, 1.807) is 0 Å². The number of rotatable bonds is 5. The van der Waals surface area contributed by atoms with Gasteiger partial charge in [0.25, 0.3) is 0 Å².